The Bertz CT molecular complexity index is 955. The van der Waals surface area contributed by atoms with Crippen LogP contribution in [0, 0.1) is 11.3 Å². The van der Waals surface area contributed by atoms with Crippen LogP contribution in [0.1, 0.15) is 81.0 Å². The number of aliphatic carboxylic acids is 1. The van der Waals surface area contributed by atoms with Gasteiger partial charge in [0.15, 0.2) is 0 Å². The average molecular weight is 399 g/mol. The zero-order valence-electron chi connectivity index (χ0n) is 17.6. The normalized spacial score (nSPS) is 22.8. The molecule has 2 fully saturated rings. The van der Waals surface area contributed by atoms with Gasteiger partial charge in [-0.15, -0.1) is 0 Å². The molecule has 2 unspecified atom stereocenters. The molecule has 1 saturated carbocycles. The first-order valence-electron chi connectivity index (χ1n) is 10.5. The summed E-state index contributed by atoms with van der Waals surface area (Å²) in [7, 11) is 0. The van der Waals surface area contributed by atoms with Gasteiger partial charge in [0, 0.05) is 24.2 Å². The van der Waals surface area contributed by atoms with Crippen LogP contribution in [0.5, 0.6) is 0 Å². The van der Waals surface area contributed by atoms with Crippen molar-refractivity contribution in [3.63, 3.8) is 0 Å². The lowest BCUT2D eigenvalue weighted by molar-refractivity contribution is -0.143. The number of piperidine rings is 1. The van der Waals surface area contributed by atoms with Gasteiger partial charge < -0.3 is 14.5 Å². The minimum absolute atomic E-state index is 0.00313. The van der Waals surface area contributed by atoms with Gasteiger partial charge in [-0.05, 0) is 50.5 Å². The first kappa shape index (κ1) is 19.9. The van der Waals surface area contributed by atoms with E-state index >= 15 is 0 Å². The number of hydrogen-bond acceptors (Lipinski definition) is 5. The zero-order valence-corrected chi connectivity index (χ0v) is 17.6. The van der Waals surface area contributed by atoms with Gasteiger partial charge in [-0.1, -0.05) is 25.9 Å². The van der Waals surface area contributed by atoms with E-state index in [-0.39, 0.29) is 23.9 Å². The Morgan fingerprint density at radius 3 is 2.59 bits per heavy atom. The standard InChI is InChI=1S/C22H29N3O4/c1-12-5-6-14(21(27)28)11-25(12)20(26)15-9-16(13-7-8-13)23-19-18(15)17(24-29-19)10-22(2,3)4/h9,12-14H,5-8,10-11H2,1-4H3,(H,27,28). The van der Waals surface area contributed by atoms with E-state index in [1.165, 1.54) is 0 Å². The molecule has 2 aromatic rings. The summed E-state index contributed by atoms with van der Waals surface area (Å²) in [6.07, 6.45) is 4.08. The lowest BCUT2D eigenvalue weighted by atomic mass is 9.88. The molecule has 2 aromatic heterocycles. The summed E-state index contributed by atoms with van der Waals surface area (Å²) in [6.45, 7) is 8.57. The molecular formula is C22H29N3O4. The molecule has 0 radical (unpaired) electrons. The molecule has 0 aromatic carbocycles. The summed E-state index contributed by atoms with van der Waals surface area (Å²) in [6, 6.07) is 1.89. The van der Waals surface area contributed by atoms with Crippen molar-refractivity contribution in [2.75, 3.05) is 6.54 Å². The maximum atomic E-state index is 13.6. The van der Waals surface area contributed by atoms with Crippen LogP contribution < -0.4 is 0 Å². The molecule has 0 bridgehead atoms. The van der Waals surface area contributed by atoms with Gasteiger partial charge in [0.2, 0.25) is 0 Å². The molecule has 1 saturated heterocycles. The van der Waals surface area contributed by atoms with Crippen molar-refractivity contribution in [2.45, 2.75) is 71.8 Å². The van der Waals surface area contributed by atoms with Crippen molar-refractivity contribution in [3.05, 3.63) is 23.0 Å². The van der Waals surface area contributed by atoms with Crippen LogP contribution in [0.15, 0.2) is 10.6 Å². The third kappa shape index (κ3) is 4.00. The van der Waals surface area contributed by atoms with Gasteiger partial charge in [-0.3, -0.25) is 9.59 Å². The Morgan fingerprint density at radius 2 is 1.97 bits per heavy atom. The summed E-state index contributed by atoms with van der Waals surface area (Å²) < 4.78 is 5.55. The molecule has 1 aliphatic heterocycles. The minimum atomic E-state index is -0.841. The smallest absolute Gasteiger partial charge is 0.308 e. The Balaban J connectivity index is 1.78. The number of likely N-dealkylation sites (tertiary alicyclic amines) is 1. The molecule has 29 heavy (non-hydrogen) atoms. The molecular weight excluding hydrogens is 370 g/mol. The van der Waals surface area contributed by atoms with Gasteiger partial charge >= 0.3 is 5.97 Å². The van der Waals surface area contributed by atoms with E-state index in [1.807, 2.05) is 13.0 Å². The third-order valence-corrected chi connectivity index (χ3v) is 5.95. The number of fused-ring (bicyclic) bond motifs is 1. The molecule has 7 nitrogen and oxygen atoms in total. The molecule has 1 amide bonds. The van der Waals surface area contributed by atoms with Crippen LogP contribution in [0.3, 0.4) is 0 Å². The maximum Gasteiger partial charge on any atom is 0.308 e. The Labute approximate surface area is 170 Å². The number of pyridine rings is 1. The minimum Gasteiger partial charge on any atom is -0.481 e. The molecule has 2 aliphatic rings. The van der Waals surface area contributed by atoms with E-state index in [2.05, 4.69) is 30.9 Å². The summed E-state index contributed by atoms with van der Waals surface area (Å²) in [4.78, 5) is 31.5. The highest BCUT2D eigenvalue weighted by atomic mass is 16.5. The molecule has 2 atom stereocenters. The monoisotopic (exact) mass is 399 g/mol. The quantitative estimate of drug-likeness (QED) is 0.834. The number of hydrogen-bond donors (Lipinski definition) is 1. The highest BCUT2D eigenvalue weighted by Gasteiger charge is 2.36. The second-order valence-electron chi connectivity index (χ2n) is 9.83. The number of carboxylic acid groups (broad SMARTS) is 1. The van der Waals surface area contributed by atoms with E-state index in [4.69, 9.17) is 4.52 Å². The number of aromatic nitrogens is 2. The fourth-order valence-corrected chi connectivity index (χ4v) is 4.16. The summed E-state index contributed by atoms with van der Waals surface area (Å²) in [5, 5.41) is 14.4. The Morgan fingerprint density at radius 1 is 1.24 bits per heavy atom. The maximum absolute atomic E-state index is 13.6. The predicted molar refractivity (Wildman–Crippen MR) is 108 cm³/mol. The van der Waals surface area contributed by atoms with Crippen molar-refractivity contribution < 1.29 is 19.2 Å². The van der Waals surface area contributed by atoms with E-state index in [0.29, 0.717) is 41.8 Å². The van der Waals surface area contributed by atoms with Crippen LogP contribution in [0.4, 0.5) is 0 Å². The van der Waals surface area contributed by atoms with Crippen LogP contribution in [0.2, 0.25) is 0 Å². The number of carboxylic acids is 1. The van der Waals surface area contributed by atoms with Gasteiger partial charge in [0.05, 0.1) is 22.6 Å². The lowest BCUT2D eigenvalue weighted by Gasteiger charge is -2.36. The number of carbonyl (C=O) groups excluding carboxylic acids is 1. The van der Waals surface area contributed by atoms with Crippen molar-refractivity contribution in [1.82, 2.24) is 15.0 Å². The van der Waals surface area contributed by atoms with Crippen LogP contribution in [-0.4, -0.2) is 44.6 Å². The second kappa shape index (κ2) is 7.11. The van der Waals surface area contributed by atoms with E-state index in [0.717, 1.165) is 24.2 Å². The SMILES string of the molecule is CC1CCC(C(=O)O)CN1C(=O)c1cc(C2CC2)nc2onc(CC(C)(C)C)c12. The Hall–Kier alpha value is -2.44. The fraction of sp³-hybridized carbons (Fsp3) is 0.636. The van der Waals surface area contributed by atoms with Crippen LogP contribution in [-0.2, 0) is 11.2 Å². The first-order valence-corrected chi connectivity index (χ1v) is 10.5. The van der Waals surface area contributed by atoms with Crippen molar-refractivity contribution in [3.8, 4) is 0 Å². The van der Waals surface area contributed by atoms with Crippen LogP contribution in [0.25, 0.3) is 11.1 Å². The first-order chi connectivity index (χ1) is 13.6. The summed E-state index contributed by atoms with van der Waals surface area (Å²) in [5.74, 6) is -1.14. The molecule has 1 N–H and O–H groups in total. The van der Waals surface area contributed by atoms with E-state index < -0.39 is 11.9 Å². The van der Waals surface area contributed by atoms with E-state index in [9.17, 15) is 14.7 Å². The topological polar surface area (TPSA) is 96.5 Å². The predicted octanol–water partition coefficient (Wildman–Crippen LogP) is 4.01. The number of rotatable bonds is 4. The number of amides is 1. The molecule has 4 rings (SSSR count). The highest BCUT2D eigenvalue weighted by Crippen LogP contribution is 2.41. The highest BCUT2D eigenvalue weighted by molar-refractivity contribution is 6.06. The zero-order chi connectivity index (χ0) is 20.9. The largest absolute Gasteiger partial charge is 0.481 e. The van der Waals surface area contributed by atoms with Gasteiger partial charge in [-0.2, -0.15) is 0 Å². The van der Waals surface area contributed by atoms with Gasteiger partial charge in [0.1, 0.15) is 0 Å². The Kier molecular flexibility index (Phi) is 4.87. The molecule has 1 aliphatic carbocycles. The third-order valence-electron chi connectivity index (χ3n) is 5.95. The second-order valence-corrected chi connectivity index (χ2v) is 9.83. The van der Waals surface area contributed by atoms with Gasteiger partial charge in [-0.25, -0.2) is 4.98 Å². The molecule has 156 valence electrons. The van der Waals surface area contributed by atoms with Crippen molar-refractivity contribution in [1.29, 1.82) is 0 Å². The average Bonchev–Trinajstić information content (AvgIpc) is 3.42. The molecule has 3 heterocycles. The van der Waals surface area contributed by atoms with Gasteiger partial charge in [0.25, 0.3) is 11.6 Å². The fourth-order valence-electron chi connectivity index (χ4n) is 4.16. The number of carbonyl (C=O) groups is 2. The van der Waals surface area contributed by atoms with Crippen molar-refractivity contribution >= 4 is 23.0 Å². The van der Waals surface area contributed by atoms with Crippen molar-refractivity contribution in [2.24, 2.45) is 11.3 Å². The van der Waals surface area contributed by atoms with Crippen LogP contribution >= 0.6 is 0 Å². The van der Waals surface area contributed by atoms with E-state index in [1.54, 1.807) is 4.90 Å². The lowest BCUT2D eigenvalue weighted by Crippen LogP contribution is -2.47. The number of nitrogens with zero attached hydrogens (tertiary/aromatic N) is 3. The molecule has 0 spiro atoms. The summed E-state index contributed by atoms with van der Waals surface area (Å²) in [5.41, 5.74) is 2.56. The summed E-state index contributed by atoms with van der Waals surface area (Å²) >= 11 is 0. The molecule has 7 heteroatoms.